The number of rotatable bonds is 9. The number of alkyl carbamates (subject to hydrolysis) is 1. The van der Waals surface area contributed by atoms with E-state index in [-0.39, 0.29) is 30.3 Å². The Morgan fingerprint density at radius 3 is 2.28 bits per heavy atom. The van der Waals surface area contributed by atoms with Gasteiger partial charge in [0, 0.05) is 18.4 Å². The number of nitrogens with one attached hydrogen (secondary N) is 2. The summed E-state index contributed by atoms with van der Waals surface area (Å²) in [7, 11) is 0. The minimum atomic E-state index is -1.02. The van der Waals surface area contributed by atoms with Crippen LogP contribution in [0.3, 0.4) is 0 Å². The molecule has 3 N–H and O–H groups in total. The van der Waals surface area contributed by atoms with Crippen LogP contribution in [0.25, 0.3) is 11.1 Å². The molecule has 1 fully saturated rings. The van der Waals surface area contributed by atoms with Gasteiger partial charge in [0.25, 0.3) is 0 Å². The second kappa shape index (κ2) is 9.42. The number of benzene rings is 2. The normalized spacial score (nSPS) is 19.4. The van der Waals surface area contributed by atoms with Crippen molar-refractivity contribution in [2.24, 2.45) is 11.8 Å². The summed E-state index contributed by atoms with van der Waals surface area (Å²) in [4.78, 5) is 35.7. The molecule has 7 nitrogen and oxygen atoms in total. The predicted molar refractivity (Wildman–Crippen MR) is 119 cm³/mol. The molecule has 0 saturated heterocycles. The van der Waals surface area contributed by atoms with Crippen molar-refractivity contribution in [3.05, 3.63) is 59.7 Å². The quantitative estimate of drug-likeness (QED) is 0.558. The summed E-state index contributed by atoms with van der Waals surface area (Å²) in [6, 6.07) is 15.4. The molecule has 0 radical (unpaired) electrons. The fourth-order valence-corrected chi connectivity index (χ4v) is 4.48. The van der Waals surface area contributed by atoms with Gasteiger partial charge in [-0.05, 0) is 41.0 Å². The molecule has 1 saturated carbocycles. The molecule has 2 aliphatic carbocycles. The summed E-state index contributed by atoms with van der Waals surface area (Å²) in [6.45, 7) is 2.45. The fourth-order valence-electron chi connectivity index (χ4n) is 4.48. The summed E-state index contributed by atoms with van der Waals surface area (Å²) in [5.74, 6) is -1.53. The Balaban J connectivity index is 1.25. The summed E-state index contributed by atoms with van der Waals surface area (Å²) >= 11 is 0. The fraction of sp³-hybridized carbons (Fsp3) is 0.400. The Morgan fingerprint density at radius 1 is 1.06 bits per heavy atom. The van der Waals surface area contributed by atoms with Crippen molar-refractivity contribution >= 4 is 18.0 Å². The summed E-state index contributed by atoms with van der Waals surface area (Å²) in [5.41, 5.74) is 4.65. The molecule has 2 aromatic rings. The third-order valence-corrected chi connectivity index (χ3v) is 6.30. The summed E-state index contributed by atoms with van der Waals surface area (Å²) in [5, 5.41) is 14.5. The van der Waals surface area contributed by atoms with E-state index in [0.29, 0.717) is 25.8 Å². The van der Waals surface area contributed by atoms with Crippen LogP contribution in [-0.4, -0.2) is 42.3 Å². The first-order valence-corrected chi connectivity index (χ1v) is 11.1. The zero-order valence-corrected chi connectivity index (χ0v) is 18.0. The molecular weight excluding hydrogens is 408 g/mol. The number of fused-ring (bicyclic) bond motifs is 3. The average molecular weight is 437 g/mol. The molecular formula is C25H28N2O5. The van der Waals surface area contributed by atoms with Crippen molar-refractivity contribution in [3.8, 4) is 11.1 Å². The van der Waals surface area contributed by atoms with Crippen molar-refractivity contribution in [2.45, 2.75) is 38.1 Å². The van der Waals surface area contributed by atoms with E-state index < -0.39 is 18.1 Å². The molecule has 0 heterocycles. The number of carboxylic acids is 1. The second-order valence-corrected chi connectivity index (χ2v) is 8.50. The van der Waals surface area contributed by atoms with Gasteiger partial charge in [0.2, 0.25) is 5.91 Å². The molecule has 3 unspecified atom stereocenters. The predicted octanol–water partition coefficient (Wildman–Crippen LogP) is 3.53. The largest absolute Gasteiger partial charge is 0.480 e. The lowest BCUT2D eigenvalue weighted by molar-refractivity contribution is -0.142. The van der Waals surface area contributed by atoms with Crippen molar-refractivity contribution in [1.29, 1.82) is 0 Å². The summed E-state index contributed by atoms with van der Waals surface area (Å²) < 4.78 is 5.51. The van der Waals surface area contributed by atoms with Crippen molar-refractivity contribution in [1.82, 2.24) is 10.6 Å². The first-order valence-electron chi connectivity index (χ1n) is 11.1. The highest BCUT2D eigenvalue weighted by atomic mass is 16.5. The topological polar surface area (TPSA) is 105 Å². The third kappa shape index (κ3) is 4.61. The number of aliphatic carboxylic acids is 1. The number of hydrogen-bond donors (Lipinski definition) is 3. The van der Waals surface area contributed by atoms with Crippen LogP contribution < -0.4 is 10.6 Å². The van der Waals surface area contributed by atoms with Gasteiger partial charge in [0.15, 0.2) is 0 Å². The van der Waals surface area contributed by atoms with Gasteiger partial charge in [0.05, 0.1) is 0 Å². The molecule has 2 amide bonds. The molecule has 32 heavy (non-hydrogen) atoms. The highest BCUT2D eigenvalue weighted by molar-refractivity contribution is 5.86. The van der Waals surface area contributed by atoms with Crippen molar-refractivity contribution < 1.29 is 24.2 Å². The molecule has 0 aromatic heterocycles. The van der Waals surface area contributed by atoms with Gasteiger partial charge in [-0.2, -0.15) is 0 Å². The Morgan fingerprint density at radius 2 is 1.69 bits per heavy atom. The van der Waals surface area contributed by atoms with Gasteiger partial charge in [-0.25, -0.2) is 9.59 Å². The second-order valence-electron chi connectivity index (χ2n) is 8.50. The van der Waals surface area contributed by atoms with Crippen LogP contribution in [0.15, 0.2) is 48.5 Å². The number of amides is 2. The zero-order chi connectivity index (χ0) is 22.7. The maximum absolute atomic E-state index is 12.3. The number of ether oxygens (including phenoxy) is 1. The first-order chi connectivity index (χ1) is 15.5. The standard InChI is InChI=1S/C25H28N2O5/c1-2-7-22(24(29)30)27-23(28)20-12-15(20)13-26-25(31)32-14-21-18-10-5-3-8-16(18)17-9-4-6-11-19(17)21/h3-6,8-11,15,20-22H,2,7,12-14H2,1H3,(H,26,31)(H,27,28)(H,29,30). The molecule has 0 spiro atoms. The Bertz CT molecular complexity index is 975. The lowest BCUT2D eigenvalue weighted by Gasteiger charge is -2.15. The first kappa shape index (κ1) is 21.9. The highest BCUT2D eigenvalue weighted by Gasteiger charge is 2.44. The van der Waals surface area contributed by atoms with E-state index in [9.17, 15) is 19.5 Å². The zero-order valence-electron chi connectivity index (χ0n) is 18.0. The molecule has 7 heteroatoms. The van der Waals surface area contributed by atoms with Gasteiger partial charge in [-0.3, -0.25) is 4.79 Å². The molecule has 2 aromatic carbocycles. The number of carbonyl (C=O) groups is 3. The van der Waals surface area contributed by atoms with E-state index in [2.05, 4.69) is 34.9 Å². The molecule has 2 aliphatic rings. The van der Waals surface area contributed by atoms with Gasteiger partial charge in [0.1, 0.15) is 12.6 Å². The Hall–Kier alpha value is -3.35. The van der Waals surface area contributed by atoms with E-state index >= 15 is 0 Å². The van der Waals surface area contributed by atoms with Crippen LogP contribution in [0.2, 0.25) is 0 Å². The number of hydrogen-bond acceptors (Lipinski definition) is 4. The monoisotopic (exact) mass is 436 g/mol. The Kier molecular flexibility index (Phi) is 6.44. The third-order valence-electron chi connectivity index (χ3n) is 6.30. The van der Waals surface area contributed by atoms with Gasteiger partial charge >= 0.3 is 12.1 Å². The summed E-state index contributed by atoms with van der Waals surface area (Å²) in [6.07, 6.45) is 1.20. The molecule has 3 atom stereocenters. The highest BCUT2D eigenvalue weighted by Crippen LogP contribution is 2.44. The van der Waals surface area contributed by atoms with Crippen LogP contribution in [0.1, 0.15) is 43.2 Å². The van der Waals surface area contributed by atoms with E-state index in [4.69, 9.17) is 4.74 Å². The van der Waals surface area contributed by atoms with Crippen LogP contribution in [0.5, 0.6) is 0 Å². The van der Waals surface area contributed by atoms with Gasteiger partial charge in [-0.1, -0.05) is 61.9 Å². The van der Waals surface area contributed by atoms with Crippen LogP contribution in [0.4, 0.5) is 4.79 Å². The van der Waals surface area contributed by atoms with E-state index in [0.717, 1.165) is 11.1 Å². The molecule has 0 aliphatic heterocycles. The van der Waals surface area contributed by atoms with E-state index in [1.807, 2.05) is 31.2 Å². The lowest BCUT2D eigenvalue weighted by atomic mass is 9.98. The average Bonchev–Trinajstić information content (AvgIpc) is 3.51. The molecule has 168 valence electrons. The number of carboxylic acid groups (broad SMARTS) is 1. The molecule has 4 rings (SSSR count). The molecule has 0 bridgehead atoms. The minimum absolute atomic E-state index is 0.000816. The SMILES string of the molecule is CCCC(NC(=O)C1CC1CNC(=O)OCC1c2ccccc2-c2ccccc21)C(=O)O. The minimum Gasteiger partial charge on any atom is -0.480 e. The maximum Gasteiger partial charge on any atom is 0.407 e. The van der Waals surface area contributed by atoms with E-state index in [1.165, 1.54) is 11.1 Å². The maximum atomic E-state index is 12.3. The Labute approximate surface area is 187 Å². The van der Waals surface area contributed by atoms with Crippen LogP contribution >= 0.6 is 0 Å². The lowest BCUT2D eigenvalue weighted by Crippen LogP contribution is -2.42. The van der Waals surface area contributed by atoms with Crippen LogP contribution in [0, 0.1) is 11.8 Å². The smallest absolute Gasteiger partial charge is 0.407 e. The van der Waals surface area contributed by atoms with Gasteiger partial charge in [-0.15, -0.1) is 0 Å². The van der Waals surface area contributed by atoms with Gasteiger partial charge < -0.3 is 20.5 Å². The van der Waals surface area contributed by atoms with Crippen molar-refractivity contribution in [2.75, 3.05) is 13.2 Å². The number of carbonyl (C=O) groups excluding carboxylic acids is 2. The van der Waals surface area contributed by atoms with Crippen LogP contribution in [-0.2, 0) is 14.3 Å². The van der Waals surface area contributed by atoms with E-state index in [1.54, 1.807) is 0 Å². The van der Waals surface area contributed by atoms with Crippen molar-refractivity contribution in [3.63, 3.8) is 0 Å².